The highest BCUT2D eigenvalue weighted by molar-refractivity contribution is 6.31. The van der Waals surface area contributed by atoms with Crippen LogP contribution in [0, 0.1) is 0 Å². The van der Waals surface area contributed by atoms with E-state index < -0.39 is 6.10 Å². The maximum atomic E-state index is 10.4. The molecule has 2 N–H and O–H groups in total. The molecular formula is C24H23ClN2O. The van der Waals surface area contributed by atoms with E-state index in [0.717, 1.165) is 22.7 Å². The number of hydrogen-bond acceptors (Lipinski definition) is 2. The molecule has 4 aromatic rings. The van der Waals surface area contributed by atoms with E-state index in [2.05, 4.69) is 46.4 Å². The molecule has 1 atom stereocenters. The minimum absolute atomic E-state index is 0.508. The lowest BCUT2D eigenvalue weighted by molar-refractivity contribution is 0.174. The Kier molecular flexibility index (Phi) is 5.77. The molecule has 0 spiro atoms. The summed E-state index contributed by atoms with van der Waals surface area (Å²) in [6.45, 7) is 1.93. The number of nitrogens with one attached hydrogen (secondary N) is 1. The number of hydrogen-bond donors (Lipinski definition) is 2. The Morgan fingerprint density at radius 1 is 0.857 bits per heavy atom. The van der Waals surface area contributed by atoms with Crippen LogP contribution in [-0.4, -0.2) is 16.2 Å². The number of aromatic nitrogens is 1. The zero-order valence-electron chi connectivity index (χ0n) is 15.6. The predicted molar refractivity (Wildman–Crippen MR) is 116 cm³/mol. The van der Waals surface area contributed by atoms with Crippen LogP contribution in [0.15, 0.2) is 85.1 Å². The second-order valence-electron chi connectivity index (χ2n) is 6.95. The number of halogens is 1. The first-order valence-electron chi connectivity index (χ1n) is 9.46. The number of nitrogens with zero attached hydrogens (tertiary/aromatic N) is 1. The molecular weight excluding hydrogens is 368 g/mol. The Morgan fingerprint density at radius 3 is 2.39 bits per heavy atom. The van der Waals surface area contributed by atoms with Crippen molar-refractivity contribution in [2.24, 2.45) is 0 Å². The quantitative estimate of drug-likeness (QED) is 0.457. The van der Waals surface area contributed by atoms with Crippen molar-refractivity contribution in [1.82, 2.24) is 9.88 Å². The number of aliphatic hydroxyl groups is 1. The van der Waals surface area contributed by atoms with Gasteiger partial charge in [0.05, 0.1) is 6.10 Å². The minimum atomic E-state index is -0.516. The van der Waals surface area contributed by atoms with Gasteiger partial charge >= 0.3 is 0 Å². The zero-order valence-corrected chi connectivity index (χ0v) is 16.3. The summed E-state index contributed by atoms with van der Waals surface area (Å²) in [4.78, 5) is 0. The first-order valence-corrected chi connectivity index (χ1v) is 9.84. The molecule has 0 unspecified atom stereocenters. The molecule has 1 aromatic heterocycles. The molecule has 142 valence electrons. The molecule has 0 radical (unpaired) electrons. The van der Waals surface area contributed by atoms with E-state index >= 15 is 0 Å². The number of para-hydroxylation sites is 1. The third-order valence-electron chi connectivity index (χ3n) is 5.01. The molecule has 28 heavy (non-hydrogen) atoms. The van der Waals surface area contributed by atoms with Crippen LogP contribution < -0.4 is 5.32 Å². The second-order valence-corrected chi connectivity index (χ2v) is 7.36. The molecule has 0 amide bonds. The van der Waals surface area contributed by atoms with Gasteiger partial charge in [-0.15, -0.1) is 0 Å². The smallest absolute Gasteiger partial charge is 0.0914 e. The summed E-state index contributed by atoms with van der Waals surface area (Å²) in [6.07, 6.45) is 1.66. The first-order chi connectivity index (χ1) is 13.7. The van der Waals surface area contributed by atoms with Gasteiger partial charge in [-0.1, -0.05) is 78.3 Å². The Balaban J connectivity index is 1.51. The monoisotopic (exact) mass is 390 g/mol. The van der Waals surface area contributed by atoms with Crippen molar-refractivity contribution < 1.29 is 5.11 Å². The van der Waals surface area contributed by atoms with Crippen LogP contribution in [0.3, 0.4) is 0 Å². The first kappa shape index (κ1) is 18.8. The van der Waals surface area contributed by atoms with Crippen molar-refractivity contribution in [3.05, 3.63) is 107 Å². The van der Waals surface area contributed by atoms with E-state index in [1.165, 1.54) is 16.5 Å². The molecule has 3 aromatic carbocycles. The maximum Gasteiger partial charge on any atom is 0.0914 e. The zero-order chi connectivity index (χ0) is 19.3. The van der Waals surface area contributed by atoms with E-state index in [4.69, 9.17) is 11.6 Å². The van der Waals surface area contributed by atoms with Gasteiger partial charge in [0.2, 0.25) is 0 Å². The lowest BCUT2D eigenvalue weighted by atomic mass is 10.1. The summed E-state index contributed by atoms with van der Waals surface area (Å²) in [5, 5.41) is 15.8. The van der Waals surface area contributed by atoms with Crippen LogP contribution in [0.5, 0.6) is 0 Å². The summed E-state index contributed by atoms with van der Waals surface area (Å²) in [5.41, 5.74) is 4.42. The van der Waals surface area contributed by atoms with Gasteiger partial charge in [-0.05, 0) is 28.8 Å². The number of aliphatic hydroxyl groups excluding tert-OH is 1. The molecule has 0 aliphatic heterocycles. The van der Waals surface area contributed by atoms with Gasteiger partial charge in [0, 0.05) is 41.8 Å². The van der Waals surface area contributed by atoms with Crippen LogP contribution in [0.2, 0.25) is 5.02 Å². The fraction of sp³-hybridized carbons (Fsp3) is 0.167. The third kappa shape index (κ3) is 4.12. The fourth-order valence-corrected chi connectivity index (χ4v) is 3.74. The standard InChI is InChI=1S/C24H23ClN2O/c25-22-12-6-4-10-19(22)16-27-17-20(21-11-5-7-13-23(21)27)14-26-15-24(28)18-8-2-1-3-9-18/h1-13,17,24,26,28H,14-16H2/t24-/m0/s1. The van der Waals surface area contributed by atoms with E-state index in [9.17, 15) is 5.11 Å². The van der Waals surface area contributed by atoms with Gasteiger partial charge < -0.3 is 15.0 Å². The molecule has 0 bridgehead atoms. The Labute approximate surface area is 170 Å². The van der Waals surface area contributed by atoms with Gasteiger partial charge in [0.25, 0.3) is 0 Å². The highest BCUT2D eigenvalue weighted by Crippen LogP contribution is 2.24. The summed E-state index contributed by atoms with van der Waals surface area (Å²) in [5.74, 6) is 0. The fourth-order valence-electron chi connectivity index (χ4n) is 3.54. The normalized spacial score (nSPS) is 12.4. The highest BCUT2D eigenvalue weighted by atomic mass is 35.5. The largest absolute Gasteiger partial charge is 0.387 e. The predicted octanol–water partition coefficient (Wildman–Crippen LogP) is 5.17. The second kappa shape index (κ2) is 8.61. The van der Waals surface area contributed by atoms with Gasteiger partial charge in [-0.2, -0.15) is 0 Å². The van der Waals surface area contributed by atoms with Crippen molar-refractivity contribution >= 4 is 22.5 Å². The number of rotatable bonds is 7. The summed E-state index contributed by atoms with van der Waals surface area (Å²) < 4.78 is 2.24. The molecule has 0 aliphatic carbocycles. The summed E-state index contributed by atoms with van der Waals surface area (Å²) >= 11 is 6.36. The molecule has 4 heteroatoms. The van der Waals surface area contributed by atoms with Crippen molar-refractivity contribution in [1.29, 1.82) is 0 Å². The van der Waals surface area contributed by atoms with E-state index in [1.54, 1.807) is 0 Å². The van der Waals surface area contributed by atoms with Crippen LogP contribution >= 0.6 is 11.6 Å². The van der Waals surface area contributed by atoms with Gasteiger partial charge in [0.1, 0.15) is 0 Å². The van der Waals surface area contributed by atoms with Crippen LogP contribution in [-0.2, 0) is 13.1 Å². The SMILES string of the molecule is O[C@@H](CNCc1cn(Cc2ccccc2Cl)c2ccccc12)c1ccccc1. The van der Waals surface area contributed by atoms with Crippen LogP contribution in [0.1, 0.15) is 22.8 Å². The Morgan fingerprint density at radius 2 is 1.57 bits per heavy atom. The minimum Gasteiger partial charge on any atom is -0.387 e. The van der Waals surface area contributed by atoms with Crippen molar-refractivity contribution in [2.45, 2.75) is 19.2 Å². The van der Waals surface area contributed by atoms with Crippen molar-refractivity contribution in [3.8, 4) is 0 Å². The molecule has 0 saturated carbocycles. The molecule has 0 saturated heterocycles. The summed E-state index contributed by atoms with van der Waals surface area (Å²) in [6, 6.07) is 26.1. The molecule has 3 nitrogen and oxygen atoms in total. The van der Waals surface area contributed by atoms with Crippen LogP contribution in [0.25, 0.3) is 10.9 Å². The average Bonchev–Trinajstić information content (AvgIpc) is 3.08. The highest BCUT2D eigenvalue weighted by Gasteiger charge is 2.11. The molecule has 0 aliphatic rings. The Hall–Kier alpha value is -2.59. The average molecular weight is 391 g/mol. The third-order valence-corrected chi connectivity index (χ3v) is 5.38. The van der Waals surface area contributed by atoms with E-state index in [1.807, 2.05) is 48.5 Å². The van der Waals surface area contributed by atoms with Gasteiger partial charge in [-0.25, -0.2) is 0 Å². The van der Waals surface area contributed by atoms with E-state index in [0.29, 0.717) is 13.1 Å². The van der Waals surface area contributed by atoms with Gasteiger partial charge in [-0.3, -0.25) is 0 Å². The van der Waals surface area contributed by atoms with E-state index in [-0.39, 0.29) is 0 Å². The maximum absolute atomic E-state index is 10.4. The number of fused-ring (bicyclic) bond motifs is 1. The topological polar surface area (TPSA) is 37.2 Å². The van der Waals surface area contributed by atoms with Gasteiger partial charge in [0.15, 0.2) is 0 Å². The van der Waals surface area contributed by atoms with Crippen LogP contribution in [0.4, 0.5) is 0 Å². The molecule has 1 heterocycles. The molecule has 4 rings (SSSR count). The van der Waals surface area contributed by atoms with Crippen molar-refractivity contribution in [3.63, 3.8) is 0 Å². The lowest BCUT2D eigenvalue weighted by Crippen LogP contribution is -2.20. The lowest BCUT2D eigenvalue weighted by Gasteiger charge is -2.11. The molecule has 0 fully saturated rings. The summed E-state index contributed by atoms with van der Waals surface area (Å²) in [7, 11) is 0. The van der Waals surface area contributed by atoms with Crippen molar-refractivity contribution in [2.75, 3.05) is 6.54 Å². The Bertz CT molecular complexity index is 1060. The number of benzene rings is 3.